The van der Waals surface area contributed by atoms with Gasteiger partial charge in [-0.2, -0.15) is 5.10 Å². The average Bonchev–Trinajstić information content (AvgIpc) is 2.69. The summed E-state index contributed by atoms with van der Waals surface area (Å²) in [4.78, 5) is 15.3. The van der Waals surface area contributed by atoms with Crippen molar-refractivity contribution in [1.82, 2.24) is 19.3 Å². The third-order valence-corrected chi connectivity index (χ3v) is 2.16. The first-order chi connectivity index (χ1) is 7.29. The van der Waals surface area contributed by atoms with Gasteiger partial charge in [-0.05, 0) is 6.92 Å². The quantitative estimate of drug-likeness (QED) is 0.732. The molecule has 78 valence electrons. The molecule has 0 unspecified atom stereocenters. The van der Waals surface area contributed by atoms with Crippen LogP contribution in [0.15, 0.2) is 35.8 Å². The summed E-state index contributed by atoms with van der Waals surface area (Å²) in [5.41, 5.74) is 0.959. The molecule has 2 rings (SSSR count). The molecule has 0 atom stereocenters. The Balaban J connectivity index is 2.22. The van der Waals surface area contributed by atoms with Gasteiger partial charge in [-0.15, -0.1) is 0 Å². The van der Waals surface area contributed by atoms with Crippen LogP contribution < -0.4 is 5.56 Å². The molecule has 0 aromatic carbocycles. The van der Waals surface area contributed by atoms with Crippen LogP contribution in [0.4, 0.5) is 0 Å². The monoisotopic (exact) mass is 204 g/mol. The van der Waals surface area contributed by atoms with E-state index in [4.69, 9.17) is 0 Å². The predicted octanol–water partition coefficient (Wildman–Crippen LogP) is 0.508. The van der Waals surface area contributed by atoms with Gasteiger partial charge < -0.3 is 0 Å². The SMILES string of the molecule is CCn1cc(Cn2cnccc2=O)cn1. The maximum atomic E-state index is 11.4. The molecule has 0 saturated carbocycles. The van der Waals surface area contributed by atoms with E-state index in [1.54, 1.807) is 10.8 Å². The molecule has 0 aliphatic carbocycles. The lowest BCUT2D eigenvalue weighted by atomic mass is 10.3. The van der Waals surface area contributed by atoms with Gasteiger partial charge in [0.1, 0.15) is 0 Å². The molecule has 15 heavy (non-hydrogen) atoms. The molecule has 0 saturated heterocycles. The van der Waals surface area contributed by atoms with Crippen LogP contribution in [0.3, 0.4) is 0 Å². The van der Waals surface area contributed by atoms with E-state index >= 15 is 0 Å². The molecule has 0 spiro atoms. The first-order valence-electron chi connectivity index (χ1n) is 4.81. The van der Waals surface area contributed by atoms with Crippen molar-refractivity contribution in [3.05, 3.63) is 46.9 Å². The summed E-state index contributed by atoms with van der Waals surface area (Å²) in [6.07, 6.45) is 6.72. The zero-order valence-corrected chi connectivity index (χ0v) is 8.50. The lowest BCUT2D eigenvalue weighted by molar-refractivity contribution is 0.657. The van der Waals surface area contributed by atoms with Crippen LogP contribution in [0.1, 0.15) is 12.5 Å². The normalized spacial score (nSPS) is 10.5. The summed E-state index contributed by atoms with van der Waals surface area (Å²) in [5, 5.41) is 4.14. The minimum atomic E-state index is -0.0470. The van der Waals surface area contributed by atoms with Crippen LogP contribution in [0, 0.1) is 0 Å². The number of hydrogen-bond donors (Lipinski definition) is 0. The Bertz CT molecular complexity index is 500. The third-order valence-electron chi connectivity index (χ3n) is 2.16. The zero-order chi connectivity index (χ0) is 10.7. The summed E-state index contributed by atoms with van der Waals surface area (Å²) < 4.78 is 3.38. The van der Waals surface area contributed by atoms with Crippen LogP contribution in [-0.4, -0.2) is 19.3 Å². The molecule has 0 N–H and O–H groups in total. The maximum Gasteiger partial charge on any atom is 0.253 e. The van der Waals surface area contributed by atoms with E-state index in [2.05, 4.69) is 10.1 Å². The molecule has 2 heterocycles. The van der Waals surface area contributed by atoms with Crippen LogP contribution in [0.25, 0.3) is 0 Å². The van der Waals surface area contributed by atoms with Crippen molar-refractivity contribution in [2.45, 2.75) is 20.0 Å². The number of aromatic nitrogens is 4. The van der Waals surface area contributed by atoms with Crippen LogP contribution in [-0.2, 0) is 13.1 Å². The van der Waals surface area contributed by atoms with Gasteiger partial charge in [0.25, 0.3) is 5.56 Å². The number of hydrogen-bond acceptors (Lipinski definition) is 3. The van der Waals surface area contributed by atoms with Gasteiger partial charge in [0.15, 0.2) is 0 Å². The average molecular weight is 204 g/mol. The van der Waals surface area contributed by atoms with Crippen LogP contribution >= 0.6 is 0 Å². The lowest BCUT2D eigenvalue weighted by Gasteiger charge is -2.00. The summed E-state index contributed by atoms with van der Waals surface area (Å²) in [6.45, 7) is 3.38. The Hall–Kier alpha value is -1.91. The third kappa shape index (κ3) is 2.12. The van der Waals surface area contributed by atoms with Crippen molar-refractivity contribution < 1.29 is 0 Å². The van der Waals surface area contributed by atoms with E-state index in [1.165, 1.54) is 18.6 Å². The molecule has 5 heteroatoms. The molecular formula is C10H12N4O. The largest absolute Gasteiger partial charge is 0.295 e. The van der Waals surface area contributed by atoms with E-state index in [1.807, 2.05) is 17.8 Å². The Morgan fingerprint density at radius 2 is 2.33 bits per heavy atom. The highest BCUT2D eigenvalue weighted by molar-refractivity contribution is 5.04. The van der Waals surface area contributed by atoms with E-state index in [9.17, 15) is 4.79 Å². The van der Waals surface area contributed by atoms with E-state index in [0.717, 1.165) is 12.1 Å². The van der Waals surface area contributed by atoms with Gasteiger partial charge in [-0.25, -0.2) is 4.98 Å². The molecule has 0 fully saturated rings. The number of nitrogens with zero attached hydrogens (tertiary/aromatic N) is 4. The molecule has 0 radical (unpaired) electrons. The topological polar surface area (TPSA) is 52.7 Å². The highest BCUT2D eigenvalue weighted by Gasteiger charge is 1.99. The molecule has 2 aromatic heterocycles. The summed E-state index contributed by atoms with van der Waals surface area (Å²) in [5.74, 6) is 0. The van der Waals surface area contributed by atoms with Gasteiger partial charge in [-0.1, -0.05) is 0 Å². The Kier molecular flexibility index (Phi) is 2.62. The van der Waals surface area contributed by atoms with Crippen molar-refractivity contribution in [2.75, 3.05) is 0 Å². The van der Waals surface area contributed by atoms with Gasteiger partial charge >= 0.3 is 0 Å². The van der Waals surface area contributed by atoms with Crippen molar-refractivity contribution in [2.24, 2.45) is 0 Å². The zero-order valence-electron chi connectivity index (χ0n) is 8.50. The van der Waals surface area contributed by atoms with E-state index in [0.29, 0.717) is 6.54 Å². The van der Waals surface area contributed by atoms with E-state index < -0.39 is 0 Å². The van der Waals surface area contributed by atoms with Crippen molar-refractivity contribution in [1.29, 1.82) is 0 Å². The highest BCUT2D eigenvalue weighted by atomic mass is 16.1. The second-order valence-corrected chi connectivity index (χ2v) is 3.25. The predicted molar refractivity (Wildman–Crippen MR) is 55.5 cm³/mol. The minimum absolute atomic E-state index is 0.0470. The Labute approximate surface area is 87.0 Å². The van der Waals surface area contributed by atoms with Crippen LogP contribution in [0.5, 0.6) is 0 Å². The standard InChI is InChI=1S/C10H12N4O/c1-2-14-7-9(5-12-14)6-13-8-11-4-3-10(13)15/h3-5,7-8H,2,6H2,1H3. The fraction of sp³-hybridized carbons (Fsp3) is 0.300. The second-order valence-electron chi connectivity index (χ2n) is 3.25. The Morgan fingerprint density at radius 1 is 1.47 bits per heavy atom. The summed E-state index contributed by atoms with van der Waals surface area (Å²) in [6, 6.07) is 1.45. The smallest absolute Gasteiger partial charge is 0.253 e. The molecule has 2 aromatic rings. The number of rotatable bonds is 3. The van der Waals surface area contributed by atoms with Crippen LogP contribution in [0.2, 0.25) is 0 Å². The van der Waals surface area contributed by atoms with Gasteiger partial charge in [0.2, 0.25) is 0 Å². The molecule has 0 bridgehead atoms. The fourth-order valence-corrected chi connectivity index (χ4v) is 1.35. The molecule has 0 aliphatic heterocycles. The highest BCUT2D eigenvalue weighted by Crippen LogP contribution is 1.98. The van der Waals surface area contributed by atoms with Gasteiger partial charge in [0.05, 0.1) is 19.1 Å². The fourth-order valence-electron chi connectivity index (χ4n) is 1.35. The second kappa shape index (κ2) is 4.08. The number of aryl methyl sites for hydroxylation is 1. The van der Waals surface area contributed by atoms with Crippen molar-refractivity contribution >= 4 is 0 Å². The van der Waals surface area contributed by atoms with Gasteiger partial charge in [0, 0.05) is 30.6 Å². The molecule has 5 nitrogen and oxygen atoms in total. The molecule has 0 amide bonds. The first kappa shape index (κ1) is 9.64. The summed E-state index contributed by atoms with van der Waals surface area (Å²) >= 11 is 0. The minimum Gasteiger partial charge on any atom is -0.295 e. The summed E-state index contributed by atoms with van der Waals surface area (Å²) in [7, 11) is 0. The van der Waals surface area contributed by atoms with Gasteiger partial charge in [-0.3, -0.25) is 14.0 Å². The lowest BCUT2D eigenvalue weighted by Crippen LogP contribution is -2.19. The Morgan fingerprint density at radius 3 is 3.00 bits per heavy atom. The molecule has 0 aliphatic rings. The van der Waals surface area contributed by atoms with Crippen molar-refractivity contribution in [3.63, 3.8) is 0 Å². The first-order valence-corrected chi connectivity index (χ1v) is 4.81. The molecular weight excluding hydrogens is 192 g/mol. The maximum absolute atomic E-state index is 11.4. The van der Waals surface area contributed by atoms with Crippen molar-refractivity contribution in [3.8, 4) is 0 Å². The van der Waals surface area contributed by atoms with E-state index in [-0.39, 0.29) is 5.56 Å².